The Bertz CT molecular complexity index is 602. The third-order valence-corrected chi connectivity index (χ3v) is 4.89. The summed E-state index contributed by atoms with van der Waals surface area (Å²) in [5.41, 5.74) is 0.107. The number of hydrogen-bond donors (Lipinski definition) is 1. The van der Waals surface area contributed by atoms with Gasteiger partial charge in [-0.15, -0.1) is 0 Å². The number of benzene rings is 1. The topological polar surface area (TPSA) is 52.7 Å². The molecule has 0 atom stereocenters. The molecule has 6 heteroatoms. The second kappa shape index (κ2) is 7.75. The van der Waals surface area contributed by atoms with E-state index in [0.29, 0.717) is 26.2 Å². The van der Waals surface area contributed by atoms with Crippen LogP contribution >= 0.6 is 0 Å². The minimum atomic E-state index is -0.491. The van der Waals surface area contributed by atoms with Crippen LogP contribution in [0.15, 0.2) is 24.3 Å². The van der Waals surface area contributed by atoms with Crippen molar-refractivity contribution >= 4 is 11.8 Å². The Hall–Kier alpha value is -1.95. The maximum absolute atomic E-state index is 13.8. The molecule has 1 aromatic rings. The fourth-order valence-corrected chi connectivity index (χ4v) is 3.47. The lowest BCUT2D eigenvalue weighted by Crippen LogP contribution is -2.43. The largest absolute Gasteiger partial charge is 0.341 e. The highest BCUT2D eigenvalue weighted by Gasteiger charge is 2.28. The van der Waals surface area contributed by atoms with E-state index in [1.165, 1.54) is 12.1 Å². The number of rotatable bonds is 2. The first kappa shape index (κ1) is 16.9. The van der Waals surface area contributed by atoms with E-state index in [2.05, 4.69) is 5.32 Å². The van der Waals surface area contributed by atoms with E-state index in [1.54, 1.807) is 17.0 Å². The van der Waals surface area contributed by atoms with Gasteiger partial charge in [0.2, 0.25) is 5.91 Å². The summed E-state index contributed by atoms with van der Waals surface area (Å²) in [5.74, 6) is -0.476. The summed E-state index contributed by atoms with van der Waals surface area (Å²) in [6.07, 6.45) is 2.50. The first-order valence-corrected chi connectivity index (χ1v) is 8.70. The van der Waals surface area contributed by atoms with Crippen molar-refractivity contribution in [2.45, 2.75) is 19.3 Å². The molecule has 0 bridgehead atoms. The van der Waals surface area contributed by atoms with Crippen molar-refractivity contribution in [3.8, 4) is 0 Å². The van der Waals surface area contributed by atoms with Crippen molar-refractivity contribution in [1.29, 1.82) is 0 Å². The fraction of sp³-hybridized carbons (Fsp3) is 0.556. The molecule has 130 valence electrons. The highest BCUT2D eigenvalue weighted by molar-refractivity contribution is 5.94. The summed E-state index contributed by atoms with van der Waals surface area (Å²) in [7, 11) is 0. The van der Waals surface area contributed by atoms with Crippen molar-refractivity contribution in [3.63, 3.8) is 0 Å². The van der Waals surface area contributed by atoms with E-state index in [9.17, 15) is 14.0 Å². The highest BCUT2D eigenvalue weighted by Crippen LogP contribution is 2.18. The summed E-state index contributed by atoms with van der Waals surface area (Å²) >= 11 is 0. The van der Waals surface area contributed by atoms with Crippen molar-refractivity contribution < 1.29 is 14.0 Å². The van der Waals surface area contributed by atoms with Crippen LogP contribution in [0.5, 0.6) is 0 Å². The Morgan fingerprint density at radius 1 is 1.00 bits per heavy atom. The molecule has 0 saturated carbocycles. The van der Waals surface area contributed by atoms with E-state index >= 15 is 0 Å². The van der Waals surface area contributed by atoms with Gasteiger partial charge in [-0.05, 0) is 44.5 Å². The predicted molar refractivity (Wildman–Crippen MR) is 89.1 cm³/mol. The van der Waals surface area contributed by atoms with Crippen molar-refractivity contribution in [1.82, 2.24) is 15.1 Å². The third-order valence-electron chi connectivity index (χ3n) is 4.89. The van der Waals surface area contributed by atoms with Crippen LogP contribution in [0.1, 0.15) is 29.6 Å². The standard InChI is InChI=1S/C18H24FN3O2/c19-16-5-2-1-4-15(16)18(24)22-11-3-10-21(12-13-22)17(23)14-6-8-20-9-7-14/h1-2,4-5,14,20H,3,6-13H2. The molecular formula is C18H24FN3O2. The molecule has 1 aromatic carbocycles. The molecule has 2 fully saturated rings. The SMILES string of the molecule is O=C(c1ccccc1F)N1CCCN(C(=O)C2CCNCC2)CC1. The molecule has 0 aromatic heterocycles. The van der Waals surface area contributed by atoms with E-state index < -0.39 is 5.82 Å². The Kier molecular flexibility index (Phi) is 5.45. The molecule has 0 aliphatic carbocycles. The number of piperidine rings is 1. The van der Waals surface area contributed by atoms with Crippen molar-refractivity contribution in [2.24, 2.45) is 5.92 Å². The maximum atomic E-state index is 13.8. The van der Waals surface area contributed by atoms with Crippen LogP contribution in [0.2, 0.25) is 0 Å². The zero-order valence-electron chi connectivity index (χ0n) is 13.8. The van der Waals surface area contributed by atoms with Crippen LogP contribution in [0.4, 0.5) is 4.39 Å². The van der Waals surface area contributed by atoms with Crippen LogP contribution in [0.25, 0.3) is 0 Å². The molecule has 0 radical (unpaired) electrons. The van der Waals surface area contributed by atoms with E-state index in [1.807, 2.05) is 4.90 Å². The average Bonchev–Trinajstić information content (AvgIpc) is 2.88. The summed E-state index contributed by atoms with van der Waals surface area (Å²) in [6.45, 7) is 4.00. The zero-order chi connectivity index (χ0) is 16.9. The van der Waals surface area contributed by atoms with Crippen molar-refractivity contribution in [2.75, 3.05) is 39.3 Å². The maximum Gasteiger partial charge on any atom is 0.256 e. The molecule has 2 aliphatic heterocycles. The number of carbonyl (C=O) groups excluding carboxylic acids is 2. The van der Waals surface area contributed by atoms with Gasteiger partial charge in [-0.1, -0.05) is 12.1 Å². The van der Waals surface area contributed by atoms with Crippen LogP contribution in [-0.2, 0) is 4.79 Å². The smallest absolute Gasteiger partial charge is 0.256 e. The van der Waals surface area contributed by atoms with Gasteiger partial charge in [-0.3, -0.25) is 9.59 Å². The summed E-state index contributed by atoms with van der Waals surface area (Å²) in [6, 6.07) is 6.06. The first-order chi connectivity index (χ1) is 11.7. The normalized spacial score (nSPS) is 19.9. The number of amides is 2. The number of hydrogen-bond acceptors (Lipinski definition) is 3. The predicted octanol–water partition coefficient (Wildman–Crippen LogP) is 1.50. The minimum absolute atomic E-state index is 0.0973. The van der Waals surface area contributed by atoms with Crippen LogP contribution < -0.4 is 5.32 Å². The highest BCUT2D eigenvalue weighted by atomic mass is 19.1. The van der Waals surface area contributed by atoms with Gasteiger partial charge in [0, 0.05) is 32.1 Å². The average molecular weight is 333 g/mol. The van der Waals surface area contributed by atoms with Crippen LogP contribution in [0.3, 0.4) is 0 Å². The third kappa shape index (κ3) is 3.75. The van der Waals surface area contributed by atoms with Gasteiger partial charge in [0.1, 0.15) is 5.82 Å². The van der Waals surface area contributed by atoms with E-state index in [0.717, 1.165) is 32.4 Å². The molecule has 2 saturated heterocycles. The lowest BCUT2D eigenvalue weighted by molar-refractivity contribution is -0.136. The molecular weight excluding hydrogens is 309 g/mol. The van der Waals surface area contributed by atoms with Gasteiger partial charge in [0.15, 0.2) is 0 Å². The second-order valence-corrected chi connectivity index (χ2v) is 6.48. The number of carbonyl (C=O) groups is 2. The lowest BCUT2D eigenvalue weighted by Gasteiger charge is -2.28. The summed E-state index contributed by atoms with van der Waals surface area (Å²) in [4.78, 5) is 28.7. The molecule has 2 heterocycles. The molecule has 2 amide bonds. The minimum Gasteiger partial charge on any atom is -0.341 e. The van der Waals surface area contributed by atoms with Gasteiger partial charge in [0.05, 0.1) is 5.56 Å². The first-order valence-electron chi connectivity index (χ1n) is 8.70. The van der Waals surface area contributed by atoms with Gasteiger partial charge in [-0.25, -0.2) is 4.39 Å². The van der Waals surface area contributed by atoms with Gasteiger partial charge >= 0.3 is 0 Å². The lowest BCUT2D eigenvalue weighted by atomic mass is 9.96. The van der Waals surface area contributed by atoms with Gasteiger partial charge in [0.25, 0.3) is 5.91 Å². The number of nitrogens with zero attached hydrogens (tertiary/aromatic N) is 2. The van der Waals surface area contributed by atoms with Gasteiger partial charge in [-0.2, -0.15) is 0 Å². The fourth-order valence-electron chi connectivity index (χ4n) is 3.47. The Balaban J connectivity index is 1.61. The molecule has 3 rings (SSSR count). The molecule has 0 unspecified atom stereocenters. The van der Waals surface area contributed by atoms with E-state index in [4.69, 9.17) is 0 Å². The van der Waals surface area contributed by atoms with Crippen LogP contribution in [-0.4, -0.2) is 60.9 Å². The van der Waals surface area contributed by atoms with Crippen LogP contribution in [0, 0.1) is 11.7 Å². The number of halogens is 1. The Labute approximate surface area is 141 Å². The monoisotopic (exact) mass is 333 g/mol. The molecule has 24 heavy (non-hydrogen) atoms. The molecule has 0 spiro atoms. The van der Waals surface area contributed by atoms with E-state index in [-0.39, 0.29) is 23.3 Å². The van der Waals surface area contributed by atoms with Crippen molar-refractivity contribution in [3.05, 3.63) is 35.6 Å². The summed E-state index contributed by atoms with van der Waals surface area (Å²) < 4.78 is 13.8. The molecule has 1 N–H and O–H groups in total. The summed E-state index contributed by atoms with van der Waals surface area (Å²) in [5, 5.41) is 3.27. The quantitative estimate of drug-likeness (QED) is 0.892. The molecule has 2 aliphatic rings. The Morgan fingerprint density at radius 2 is 1.67 bits per heavy atom. The Morgan fingerprint density at radius 3 is 2.42 bits per heavy atom. The van der Waals surface area contributed by atoms with Gasteiger partial charge < -0.3 is 15.1 Å². The molecule has 5 nitrogen and oxygen atoms in total. The second-order valence-electron chi connectivity index (χ2n) is 6.48. The zero-order valence-corrected chi connectivity index (χ0v) is 13.8. The number of nitrogens with one attached hydrogen (secondary N) is 1.